The van der Waals surface area contributed by atoms with Crippen LogP contribution in [0.2, 0.25) is 0 Å². The van der Waals surface area contributed by atoms with Crippen LogP contribution in [0, 0.1) is 11.3 Å². The Balaban J connectivity index is 1.98. The molecule has 0 radical (unpaired) electrons. The van der Waals surface area contributed by atoms with Gasteiger partial charge in [0.1, 0.15) is 5.75 Å². The van der Waals surface area contributed by atoms with Crippen molar-refractivity contribution in [1.29, 1.82) is 5.26 Å². The number of carbonyl (C=O) groups is 2. The maximum Gasteiger partial charge on any atom is 0.265 e. The van der Waals surface area contributed by atoms with Gasteiger partial charge in [0.2, 0.25) is 5.91 Å². The van der Waals surface area contributed by atoms with Gasteiger partial charge < -0.3 is 15.4 Å². The van der Waals surface area contributed by atoms with Crippen LogP contribution in [0.1, 0.15) is 19.4 Å². The first kappa shape index (κ1) is 17.0. The molecule has 2 aromatic rings. The van der Waals surface area contributed by atoms with Crippen molar-refractivity contribution in [3.05, 3.63) is 54.1 Å². The van der Waals surface area contributed by atoms with Crippen LogP contribution >= 0.6 is 0 Å². The van der Waals surface area contributed by atoms with Crippen LogP contribution in [0.15, 0.2) is 48.5 Å². The fourth-order valence-electron chi connectivity index (χ4n) is 1.99. The van der Waals surface area contributed by atoms with E-state index in [2.05, 4.69) is 10.6 Å². The molecule has 2 N–H and O–H groups in total. The number of benzene rings is 2. The summed E-state index contributed by atoms with van der Waals surface area (Å²) in [5, 5.41) is 14.1. The highest BCUT2D eigenvalue weighted by Gasteiger charge is 2.15. The summed E-state index contributed by atoms with van der Waals surface area (Å²) >= 11 is 0. The first-order valence-electron chi connectivity index (χ1n) is 7.33. The largest absolute Gasteiger partial charge is 0.481 e. The van der Waals surface area contributed by atoms with Gasteiger partial charge in [-0.25, -0.2) is 0 Å². The quantitative estimate of drug-likeness (QED) is 0.885. The van der Waals surface area contributed by atoms with Crippen LogP contribution in [0.3, 0.4) is 0 Å². The number of amides is 2. The Bertz CT molecular complexity index is 779. The molecule has 0 aliphatic rings. The molecule has 24 heavy (non-hydrogen) atoms. The lowest BCUT2D eigenvalue weighted by molar-refractivity contribution is -0.122. The van der Waals surface area contributed by atoms with Crippen molar-refractivity contribution in [2.45, 2.75) is 20.0 Å². The third-order valence-electron chi connectivity index (χ3n) is 3.12. The van der Waals surface area contributed by atoms with Gasteiger partial charge in [0.05, 0.1) is 11.6 Å². The average Bonchev–Trinajstić information content (AvgIpc) is 2.55. The van der Waals surface area contributed by atoms with Gasteiger partial charge in [-0.1, -0.05) is 6.07 Å². The van der Waals surface area contributed by atoms with Crippen molar-refractivity contribution in [2.24, 2.45) is 0 Å². The zero-order valence-electron chi connectivity index (χ0n) is 13.4. The zero-order valence-corrected chi connectivity index (χ0v) is 13.4. The van der Waals surface area contributed by atoms with E-state index in [0.717, 1.165) is 0 Å². The molecule has 0 aliphatic heterocycles. The molecule has 0 fully saturated rings. The van der Waals surface area contributed by atoms with E-state index in [4.69, 9.17) is 10.00 Å². The number of carbonyl (C=O) groups excluding carboxylic acids is 2. The van der Waals surface area contributed by atoms with Crippen LogP contribution in [0.4, 0.5) is 11.4 Å². The molecule has 6 nitrogen and oxygen atoms in total. The SMILES string of the molecule is CC(=O)Nc1cccc(NC(=O)C(C)Oc2ccc(C#N)cc2)c1. The molecule has 0 saturated carbocycles. The standard InChI is InChI=1S/C18H17N3O3/c1-12(24-17-8-6-14(11-19)7-9-17)18(23)21-16-5-3-4-15(10-16)20-13(2)22/h3-10,12H,1-2H3,(H,20,22)(H,21,23). The second-order valence-corrected chi connectivity index (χ2v) is 5.15. The summed E-state index contributed by atoms with van der Waals surface area (Å²) in [5.74, 6) is -0.000948. The van der Waals surface area contributed by atoms with E-state index < -0.39 is 6.10 Å². The summed E-state index contributed by atoms with van der Waals surface area (Å²) in [5.41, 5.74) is 1.68. The van der Waals surface area contributed by atoms with Gasteiger partial charge in [-0.05, 0) is 49.4 Å². The summed E-state index contributed by atoms with van der Waals surface area (Å²) in [6.45, 7) is 3.05. The number of hydrogen-bond acceptors (Lipinski definition) is 4. The van der Waals surface area contributed by atoms with Gasteiger partial charge in [0, 0.05) is 18.3 Å². The smallest absolute Gasteiger partial charge is 0.265 e. The summed E-state index contributed by atoms with van der Waals surface area (Å²) in [6.07, 6.45) is -0.720. The number of nitrogens with one attached hydrogen (secondary N) is 2. The maximum absolute atomic E-state index is 12.2. The van der Waals surface area contributed by atoms with Gasteiger partial charge in [0.15, 0.2) is 6.10 Å². The molecular formula is C18H17N3O3. The van der Waals surface area contributed by atoms with Gasteiger partial charge in [-0.15, -0.1) is 0 Å². The van der Waals surface area contributed by atoms with Gasteiger partial charge in [0.25, 0.3) is 5.91 Å². The number of rotatable bonds is 5. The molecule has 2 amide bonds. The Morgan fingerprint density at radius 2 is 1.71 bits per heavy atom. The summed E-state index contributed by atoms with van der Waals surface area (Å²) in [7, 11) is 0. The van der Waals surface area contributed by atoms with E-state index in [1.165, 1.54) is 6.92 Å². The highest BCUT2D eigenvalue weighted by molar-refractivity contribution is 5.95. The lowest BCUT2D eigenvalue weighted by atomic mass is 10.2. The van der Waals surface area contributed by atoms with E-state index in [1.54, 1.807) is 55.5 Å². The van der Waals surface area contributed by atoms with E-state index in [-0.39, 0.29) is 11.8 Å². The molecule has 0 bridgehead atoms. The summed E-state index contributed by atoms with van der Waals surface area (Å²) < 4.78 is 5.55. The molecule has 2 aromatic carbocycles. The predicted molar refractivity (Wildman–Crippen MR) is 90.6 cm³/mol. The Morgan fingerprint density at radius 1 is 1.08 bits per heavy atom. The van der Waals surface area contributed by atoms with Crippen LogP contribution in [-0.4, -0.2) is 17.9 Å². The van der Waals surface area contributed by atoms with Crippen molar-refractivity contribution in [2.75, 3.05) is 10.6 Å². The van der Waals surface area contributed by atoms with Crippen LogP contribution in [-0.2, 0) is 9.59 Å². The van der Waals surface area contributed by atoms with E-state index >= 15 is 0 Å². The number of ether oxygens (including phenoxy) is 1. The number of hydrogen-bond donors (Lipinski definition) is 2. The minimum absolute atomic E-state index is 0.184. The van der Waals surface area contributed by atoms with Crippen molar-refractivity contribution in [1.82, 2.24) is 0 Å². The molecule has 0 saturated heterocycles. The van der Waals surface area contributed by atoms with E-state index in [1.807, 2.05) is 6.07 Å². The van der Waals surface area contributed by atoms with Crippen molar-refractivity contribution in [3.8, 4) is 11.8 Å². The molecule has 0 aliphatic carbocycles. The van der Waals surface area contributed by atoms with Crippen LogP contribution < -0.4 is 15.4 Å². The normalized spacial score (nSPS) is 11.0. The van der Waals surface area contributed by atoms with E-state index in [9.17, 15) is 9.59 Å². The van der Waals surface area contributed by atoms with Crippen molar-refractivity contribution < 1.29 is 14.3 Å². The van der Waals surface area contributed by atoms with Crippen molar-refractivity contribution in [3.63, 3.8) is 0 Å². The monoisotopic (exact) mass is 323 g/mol. The Morgan fingerprint density at radius 3 is 2.29 bits per heavy atom. The summed E-state index contributed by atoms with van der Waals surface area (Å²) in [4.78, 5) is 23.3. The first-order chi connectivity index (χ1) is 11.5. The van der Waals surface area contributed by atoms with E-state index in [0.29, 0.717) is 22.7 Å². The minimum atomic E-state index is -0.720. The fraction of sp³-hybridized carbons (Fsp3) is 0.167. The Hall–Kier alpha value is -3.33. The molecule has 122 valence electrons. The van der Waals surface area contributed by atoms with Crippen LogP contribution in [0.5, 0.6) is 5.75 Å². The Kier molecular flexibility index (Phi) is 5.53. The first-order valence-corrected chi connectivity index (χ1v) is 7.33. The molecular weight excluding hydrogens is 306 g/mol. The van der Waals surface area contributed by atoms with Crippen LogP contribution in [0.25, 0.3) is 0 Å². The van der Waals surface area contributed by atoms with Crippen molar-refractivity contribution >= 4 is 23.2 Å². The molecule has 2 rings (SSSR count). The fourth-order valence-corrected chi connectivity index (χ4v) is 1.99. The zero-order chi connectivity index (χ0) is 17.5. The minimum Gasteiger partial charge on any atom is -0.481 e. The number of nitrogens with zero attached hydrogens (tertiary/aromatic N) is 1. The summed E-state index contributed by atoms with van der Waals surface area (Å²) in [6, 6.07) is 15.4. The Labute approximate surface area is 140 Å². The third-order valence-corrected chi connectivity index (χ3v) is 3.12. The number of anilines is 2. The lowest BCUT2D eigenvalue weighted by Crippen LogP contribution is -2.30. The molecule has 1 atom stereocenters. The van der Waals surface area contributed by atoms with Gasteiger partial charge in [-0.3, -0.25) is 9.59 Å². The highest BCUT2D eigenvalue weighted by atomic mass is 16.5. The highest BCUT2D eigenvalue weighted by Crippen LogP contribution is 2.17. The molecule has 6 heteroatoms. The third kappa shape index (κ3) is 4.85. The second-order valence-electron chi connectivity index (χ2n) is 5.15. The molecule has 0 spiro atoms. The topological polar surface area (TPSA) is 91.2 Å². The number of nitriles is 1. The average molecular weight is 323 g/mol. The lowest BCUT2D eigenvalue weighted by Gasteiger charge is -2.15. The van der Waals surface area contributed by atoms with Gasteiger partial charge >= 0.3 is 0 Å². The molecule has 0 aromatic heterocycles. The molecule has 1 unspecified atom stereocenters. The maximum atomic E-state index is 12.2. The second kappa shape index (κ2) is 7.79. The molecule has 0 heterocycles. The van der Waals surface area contributed by atoms with Gasteiger partial charge in [-0.2, -0.15) is 5.26 Å². The predicted octanol–water partition coefficient (Wildman–Crippen LogP) is 2.92.